The van der Waals surface area contributed by atoms with E-state index < -0.39 is 10.0 Å². The molecule has 1 atom stereocenters. The van der Waals surface area contributed by atoms with Crippen molar-refractivity contribution in [2.45, 2.75) is 11.0 Å². The van der Waals surface area contributed by atoms with E-state index in [1.165, 1.54) is 7.05 Å². The molecule has 1 aliphatic rings. The molecule has 0 aliphatic carbocycles. The van der Waals surface area contributed by atoms with Crippen molar-refractivity contribution in [1.29, 1.82) is 0 Å². The Morgan fingerprint density at radius 1 is 1.30 bits per heavy atom. The zero-order valence-electron chi connectivity index (χ0n) is 11.8. The molecule has 1 aromatic carbocycles. The number of benzene rings is 1. The van der Waals surface area contributed by atoms with Gasteiger partial charge in [-0.3, -0.25) is 0 Å². The van der Waals surface area contributed by atoms with Gasteiger partial charge in [-0.2, -0.15) is 0 Å². The predicted octanol–water partition coefficient (Wildman–Crippen LogP) is 0.0193. The highest BCUT2D eigenvalue weighted by molar-refractivity contribution is 7.89. The minimum atomic E-state index is -3.37. The summed E-state index contributed by atoms with van der Waals surface area (Å²) in [4.78, 5) is 2.49. The summed E-state index contributed by atoms with van der Waals surface area (Å²) in [5.74, 6) is 0. The number of sulfonamides is 1. The maximum atomic E-state index is 11.7. The third-order valence-electron chi connectivity index (χ3n) is 3.35. The fourth-order valence-corrected chi connectivity index (χ4v) is 2.99. The third kappa shape index (κ3) is 3.49. The van der Waals surface area contributed by atoms with Crippen LogP contribution in [0.4, 0.5) is 5.69 Å². The maximum absolute atomic E-state index is 11.7. The molecule has 0 aromatic heterocycles. The normalized spacial score (nSPS) is 20.1. The number of likely N-dealkylation sites (N-methyl/N-ethyl adjacent to an activating group) is 1. The number of nitrogens with zero attached hydrogens (tertiary/aromatic N) is 1. The Balaban J connectivity index is 2.10. The van der Waals surface area contributed by atoms with E-state index in [0.717, 1.165) is 25.3 Å². The van der Waals surface area contributed by atoms with Crippen LogP contribution in [0.1, 0.15) is 0 Å². The van der Waals surface area contributed by atoms with Gasteiger partial charge in [-0.1, -0.05) is 0 Å². The predicted molar refractivity (Wildman–Crippen MR) is 78.6 cm³/mol. The molecule has 1 fully saturated rings. The van der Waals surface area contributed by atoms with Gasteiger partial charge in [-0.15, -0.1) is 0 Å². The molecule has 0 amide bonds. The minimum Gasteiger partial charge on any atom is -0.373 e. The molecule has 1 heterocycles. The molecule has 0 bridgehead atoms. The molecule has 1 saturated heterocycles. The average molecular weight is 299 g/mol. The number of anilines is 1. The third-order valence-corrected chi connectivity index (χ3v) is 4.78. The van der Waals surface area contributed by atoms with E-state index in [2.05, 4.69) is 14.9 Å². The molecule has 0 spiro atoms. The smallest absolute Gasteiger partial charge is 0.240 e. The quantitative estimate of drug-likeness (QED) is 0.802. The first kappa shape index (κ1) is 15.2. The first-order valence-corrected chi connectivity index (χ1v) is 8.10. The molecule has 1 aromatic rings. The van der Waals surface area contributed by atoms with Crippen LogP contribution in [-0.4, -0.2) is 54.9 Å². The number of nitrogens with one attached hydrogen (secondary N) is 2. The Morgan fingerprint density at radius 3 is 2.60 bits per heavy atom. The van der Waals surface area contributed by atoms with Crippen molar-refractivity contribution in [1.82, 2.24) is 10.0 Å². The molecule has 2 N–H and O–H groups in total. The molecule has 7 heteroatoms. The maximum Gasteiger partial charge on any atom is 0.240 e. The summed E-state index contributed by atoms with van der Waals surface area (Å²) >= 11 is 0. The molecule has 20 heavy (non-hydrogen) atoms. The van der Waals surface area contributed by atoms with E-state index in [-0.39, 0.29) is 11.0 Å². The van der Waals surface area contributed by atoms with Crippen LogP contribution in [0.15, 0.2) is 29.2 Å². The topological polar surface area (TPSA) is 70.7 Å². The fourth-order valence-electron chi connectivity index (χ4n) is 2.26. The summed E-state index contributed by atoms with van der Waals surface area (Å²) in [6.45, 7) is 3.11. The molecule has 6 nitrogen and oxygen atoms in total. The molecule has 0 radical (unpaired) electrons. The number of ether oxygens (including phenoxy) is 1. The van der Waals surface area contributed by atoms with Gasteiger partial charge in [0.2, 0.25) is 10.0 Å². The van der Waals surface area contributed by atoms with E-state index in [1.54, 1.807) is 12.1 Å². The zero-order valence-corrected chi connectivity index (χ0v) is 12.6. The summed E-state index contributed by atoms with van der Waals surface area (Å²) in [6, 6.07) is 6.94. The average Bonchev–Trinajstić information content (AvgIpc) is 2.48. The lowest BCUT2D eigenvalue weighted by atomic mass is 10.2. The van der Waals surface area contributed by atoms with Gasteiger partial charge in [-0.05, 0) is 38.4 Å². The van der Waals surface area contributed by atoms with E-state index in [1.807, 2.05) is 19.2 Å². The van der Waals surface area contributed by atoms with Crippen molar-refractivity contribution in [3.05, 3.63) is 24.3 Å². The van der Waals surface area contributed by atoms with E-state index in [9.17, 15) is 8.42 Å². The van der Waals surface area contributed by atoms with Gasteiger partial charge >= 0.3 is 0 Å². The van der Waals surface area contributed by atoms with Crippen LogP contribution < -0.4 is 14.9 Å². The van der Waals surface area contributed by atoms with Gasteiger partial charge in [0.05, 0.1) is 17.6 Å². The Morgan fingerprint density at radius 2 is 2.00 bits per heavy atom. The number of rotatable bonds is 5. The standard InChI is InChI=1S/C13H21N3O3S/c1-14-9-12-10-16(7-8-19-12)11-3-5-13(6-4-11)20(17,18)15-2/h3-6,12,14-15H,7-10H2,1-2H3. The number of hydrogen-bond donors (Lipinski definition) is 2. The van der Waals surface area contributed by atoms with Gasteiger partial charge in [-0.25, -0.2) is 13.1 Å². The van der Waals surface area contributed by atoms with Crippen molar-refractivity contribution in [3.63, 3.8) is 0 Å². The van der Waals surface area contributed by atoms with Crippen molar-refractivity contribution >= 4 is 15.7 Å². The fraction of sp³-hybridized carbons (Fsp3) is 0.538. The molecule has 1 unspecified atom stereocenters. The second kappa shape index (κ2) is 6.53. The second-order valence-corrected chi connectivity index (χ2v) is 6.58. The van der Waals surface area contributed by atoms with Gasteiger partial charge in [0.1, 0.15) is 0 Å². The highest BCUT2D eigenvalue weighted by atomic mass is 32.2. The summed E-state index contributed by atoms with van der Waals surface area (Å²) in [7, 11) is -0.0555. The van der Waals surface area contributed by atoms with Crippen LogP contribution in [0, 0.1) is 0 Å². The van der Waals surface area contributed by atoms with E-state index in [4.69, 9.17) is 4.74 Å². The summed E-state index contributed by atoms with van der Waals surface area (Å²) in [6.07, 6.45) is 0.162. The molecular formula is C13H21N3O3S. The van der Waals surface area contributed by atoms with Crippen LogP contribution in [0.3, 0.4) is 0 Å². The SMILES string of the molecule is CNCC1CN(c2ccc(S(=O)(=O)NC)cc2)CCO1. The highest BCUT2D eigenvalue weighted by Crippen LogP contribution is 2.20. The highest BCUT2D eigenvalue weighted by Gasteiger charge is 2.20. The Kier molecular flexibility index (Phi) is 4.98. The first-order chi connectivity index (χ1) is 9.56. The molecule has 2 rings (SSSR count). The van der Waals surface area contributed by atoms with Crippen LogP contribution in [0.2, 0.25) is 0 Å². The summed E-state index contributed by atoms with van der Waals surface area (Å²) in [5.41, 5.74) is 1.02. The Labute approximate surface area is 120 Å². The van der Waals surface area contributed by atoms with Crippen LogP contribution >= 0.6 is 0 Å². The Bertz CT molecular complexity index is 528. The van der Waals surface area contributed by atoms with Crippen molar-refractivity contribution in [2.24, 2.45) is 0 Å². The minimum absolute atomic E-state index is 0.162. The van der Waals surface area contributed by atoms with Gasteiger partial charge in [0, 0.05) is 25.3 Å². The first-order valence-electron chi connectivity index (χ1n) is 6.61. The van der Waals surface area contributed by atoms with Gasteiger partial charge < -0.3 is 15.0 Å². The Hall–Kier alpha value is -1.15. The van der Waals surface area contributed by atoms with Crippen molar-refractivity contribution in [3.8, 4) is 0 Å². The van der Waals surface area contributed by atoms with Gasteiger partial charge in [0.25, 0.3) is 0 Å². The molecule has 112 valence electrons. The lowest BCUT2D eigenvalue weighted by molar-refractivity contribution is 0.0422. The summed E-state index contributed by atoms with van der Waals surface area (Å²) in [5, 5.41) is 3.11. The zero-order chi connectivity index (χ0) is 14.6. The lowest BCUT2D eigenvalue weighted by Gasteiger charge is -2.34. The van der Waals surface area contributed by atoms with Crippen molar-refractivity contribution in [2.75, 3.05) is 45.2 Å². The number of morpholine rings is 1. The van der Waals surface area contributed by atoms with E-state index in [0.29, 0.717) is 6.61 Å². The van der Waals surface area contributed by atoms with E-state index >= 15 is 0 Å². The largest absolute Gasteiger partial charge is 0.373 e. The second-order valence-electron chi connectivity index (χ2n) is 4.70. The lowest BCUT2D eigenvalue weighted by Crippen LogP contribution is -2.46. The van der Waals surface area contributed by atoms with Crippen LogP contribution in [-0.2, 0) is 14.8 Å². The van der Waals surface area contributed by atoms with Gasteiger partial charge in [0.15, 0.2) is 0 Å². The molecule has 0 saturated carbocycles. The summed E-state index contributed by atoms with van der Waals surface area (Å²) < 4.78 is 31.3. The molecule has 1 aliphatic heterocycles. The molecular weight excluding hydrogens is 278 g/mol. The van der Waals surface area contributed by atoms with Crippen molar-refractivity contribution < 1.29 is 13.2 Å². The number of hydrogen-bond acceptors (Lipinski definition) is 5. The monoisotopic (exact) mass is 299 g/mol. The van der Waals surface area contributed by atoms with Crippen LogP contribution in [0.25, 0.3) is 0 Å². The van der Waals surface area contributed by atoms with Crippen LogP contribution in [0.5, 0.6) is 0 Å².